The molecule has 198 valence electrons. The molecule has 3 heterocycles. The molecular formula is C32H25ClN4O2S. The Kier molecular flexibility index (Phi) is 6.92. The van der Waals surface area contributed by atoms with E-state index in [2.05, 4.69) is 22.1 Å². The first-order valence-corrected chi connectivity index (χ1v) is 14.1. The van der Waals surface area contributed by atoms with Crippen LogP contribution >= 0.6 is 22.9 Å². The van der Waals surface area contributed by atoms with Gasteiger partial charge in [-0.1, -0.05) is 29.8 Å². The van der Waals surface area contributed by atoms with Crippen molar-refractivity contribution in [3.8, 4) is 33.0 Å². The van der Waals surface area contributed by atoms with Crippen molar-refractivity contribution in [2.75, 3.05) is 12.3 Å². The number of ether oxygens (including phenoxy) is 1. The van der Waals surface area contributed by atoms with E-state index in [1.807, 2.05) is 68.4 Å². The maximum Gasteiger partial charge on any atom is 0.310 e. The number of thiazole rings is 1. The van der Waals surface area contributed by atoms with Crippen LogP contribution in [0.2, 0.25) is 5.02 Å². The molecule has 0 radical (unpaired) electrons. The molecule has 0 bridgehead atoms. The van der Waals surface area contributed by atoms with Crippen LogP contribution in [0.25, 0.3) is 54.1 Å². The number of pyridine rings is 2. The fraction of sp³-hybridized carbons (Fsp3) is 0.125. The van der Waals surface area contributed by atoms with Gasteiger partial charge in [-0.15, -0.1) is 11.3 Å². The topological polar surface area (TPSA) is 91.0 Å². The van der Waals surface area contributed by atoms with E-state index in [9.17, 15) is 4.79 Å². The van der Waals surface area contributed by atoms with E-state index >= 15 is 0 Å². The second-order valence-electron chi connectivity index (χ2n) is 9.48. The van der Waals surface area contributed by atoms with Crippen molar-refractivity contribution in [3.63, 3.8) is 0 Å². The lowest BCUT2D eigenvalue weighted by molar-refractivity contribution is -0.142. The number of nitrogen functional groups attached to an aromatic ring is 1. The van der Waals surface area contributed by atoms with Crippen molar-refractivity contribution in [3.05, 3.63) is 95.1 Å². The summed E-state index contributed by atoms with van der Waals surface area (Å²) in [5.41, 5.74) is 14.2. The SMILES string of the molecule is CCOC(=O)Cc1c(C)cc2nc(-c3ccnc(-c4ccc5nc(N)ccc5c4)c3)sc2c1-c1ccc(Cl)cc1. The lowest BCUT2D eigenvalue weighted by Crippen LogP contribution is -2.09. The van der Waals surface area contributed by atoms with Crippen molar-refractivity contribution in [1.82, 2.24) is 15.0 Å². The van der Waals surface area contributed by atoms with Crippen LogP contribution in [-0.4, -0.2) is 27.5 Å². The highest BCUT2D eigenvalue weighted by atomic mass is 35.5. The molecule has 6 nitrogen and oxygen atoms in total. The number of anilines is 1. The summed E-state index contributed by atoms with van der Waals surface area (Å²) < 4.78 is 6.31. The molecular weight excluding hydrogens is 540 g/mol. The Hall–Kier alpha value is -4.33. The summed E-state index contributed by atoms with van der Waals surface area (Å²) in [6.07, 6.45) is 1.99. The number of rotatable bonds is 6. The van der Waals surface area contributed by atoms with E-state index in [1.165, 1.54) is 0 Å². The van der Waals surface area contributed by atoms with E-state index in [0.29, 0.717) is 17.4 Å². The highest BCUT2D eigenvalue weighted by molar-refractivity contribution is 7.22. The van der Waals surface area contributed by atoms with Crippen molar-refractivity contribution in [1.29, 1.82) is 0 Å². The minimum absolute atomic E-state index is 0.183. The number of nitrogens with zero attached hydrogens (tertiary/aromatic N) is 3. The molecule has 0 aliphatic rings. The Bertz CT molecular complexity index is 1900. The molecule has 0 spiro atoms. The first-order chi connectivity index (χ1) is 19.4. The van der Waals surface area contributed by atoms with Gasteiger partial charge in [-0.25, -0.2) is 9.97 Å². The quantitative estimate of drug-likeness (QED) is 0.207. The zero-order valence-electron chi connectivity index (χ0n) is 21.9. The predicted molar refractivity (Wildman–Crippen MR) is 164 cm³/mol. The minimum Gasteiger partial charge on any atom is -0.466 e. The van der Waals surface area contributed by atoms with E-state index < -0.39 is 0 Å². The van der Waals surface area contributed by atoms with Crippen molar-refractivity contribution in [2.45, 2.75) is 20.3 Å². The Labute approximate surface area is 240 Å². The summed E-state index contributed by atoms with van der Waals surface area (Å²) in [6, 6.07) is 23.6. The second kappa shape index (κ2) is 10.7. The molecule has 0 aliphatic carbocycles. The summed E-state index contributed by atoms with van der Waals surface area (Å²) >= 11 is 7.80. The van der Waals surface area contributed by atoms with Crippen LogP contribution in [0.5, 0.6) is 0 Å². The van der Waals surface area contributed by atoms with Crippen LogP contribution in [0.15, 0.2) is 79.0 Å². The monoisotopic (exact) mass is 564 g/mol. The highest BCUT2D eigenvalue weighted by Gasteiger charge is 2.20. The van der Waals surface area contributed by atoms with Crippen LogP contribution < -0.4 is 5.73 Å². The third-order valence-corrected chi connectivity index (χ3v) is 8.17. The molecule has 6 rings (SSSR count). The normalized spacial score (nSPS) is 11.3. The first-order valence-electron chi connectivity index (χ1n) is 12.9. The third-order valence-electron chi connectivity index (χ3n) is 6.78. The van der Waals surface area contributed by atoms with Gasteiger partial charge in [0.15, 0.2) is 0 Å². The van der Waals surface area contributed by atoms with E-state index in [-0.39, 0.29) is 12.4 Å². The van der Waals surface area contributed by atoms with Gasteiger partial charge in [0.2, 0.25) is 0 Å². The maximum absolute atomic E-state index is 12.6. The van der Waals surface area contributed by atoms with Crippen molar-refractivity contribution >= 4 is 55.8 Å². The first kappa shape index (κ1) is 25.9. The number of hydrogen-bond donors (Lipinski definition) is 1. The molecule has 0 saturated carbocycles. The number of halogens is 1. The average molecular weight is 565 g/mol. The molecule has 0 fully saturated rings. The summed E-state index contributed by atoms with van der Waals surface area (Å²) in [5, 5.41) is 2.52. The number of carbonyl (C=O) groups excluding carboxylic acids is 1. The summed E-state index contributed by atoms with van der Waals surface area (Å²) in [4.78, 5) is 26.6. The van der Waals surface area contributed by atoms with Crippen LogP contribution in [0.3, 0.4) is 0 Å². The van der Waals surface area contributed by atoms with Gasteiger partial charge in [0, 0.05) is 33.3 Å². The minimum atomic E-state index is -0.253. The molecule has 0 saturated heterocycles. The summed E-state index contributed by atoms with van der Waals surface area (Å²) in [6.45, 7) is 4.17. The molecule has 0 amide bonds. The second-order valence-corrected chi connectivity index (χ2v) is 10.9. The molecule has 0 atom stereocenters. The van der Waals surface area contributed by atoms with Crippen LogP contribution in [0, 0.1) is 6.92 Å². The summed E-state index contributed by atoms with van der Waals surface area (Å²) in [7, 11) is 0. The number of fused-ring (bicyclic) bond motifs is 2. The van der Waals surface area contributed by atoms with Gasteiger partial charge in [-0.3, -0.25) is 9.78 Å². The number of hydrogen-bond acceptors (Lipinski definition) is 7. The molecule has 8 heteroatoms. The van der Waals surface area contributed by atoms with Crippen LogP contribution in [0.1, 0.15) is 18.1 Å². The van der Waals surface area contributed by atoms with Gasteiger partial charge in [-0.2, -0.15) is 0 Å². The number of aryl methyl sites for hydroxylation is 1. The number of carbonyl (C=O) groups is 1. The number of benzene rings is 3. The lowest BCUT2D eigenvalue weighted by atomic mass is 9.93. The van der Waals surface area contributed by atoms with Gasteiger partial charge in [-0.05, 0) is 85.1 Å². The summed E-state index contributed by atoms with van der Waals surface area (Å²) in [5.74, 6) is 0.242. The zero-order chi connectivity index (χ0) is 27.8. The zero-order valence-corrected chi connectivity index (χ0v) is 23.5. The van der Waals surface area contributed by atoms with Crippen LogP contribution in [0.4, 0.5) is 5.82 Å². The number of aromatic nitrogens is 3. The highest BCUT2D eigenvalue weighted by Crippen LogP contribution is 2.41. The smallest absolute Gasteiger partial charge is 0.310 e. The molecule has 6 aromatic rings. The Morgan fingerprint density at radius 1 is 0.925 bits per heavy atom. The molecule has 3 aromatic carbocycles. The molecule has 40 heavy (non-hydrogen) atoms. The van der Waals surface area contributed by atoms with Crippen molar-refractivity contribution < 1.29 is 9.53 Å². The maximum atomic E-state index is 12.6. The standard InChI is InChI=1S/C32H25ClN4O2S/c1-3-39-29(38)17-24-18(2)14-27-31(30(24)19-4-8-23(33)9-5-19)40-32(37-27)22-12-13-35-26(16-22)21-6-10-25-20(15-21)7-11-28(34)36-25/h4-16H,3,17H2,1-2H3,(H2,34,36). The van der Waals surface area contributed by atoms with Gasteiger partial charge >= 0.3 is 5.97 Å². The third kappa shape index (κ3) is 5.01. The fourth-order valence-electron chi connectivity index (χ4n) is 4.89. The Balaban J connectivity index is 1.47. The molecule has 3 aromatic heterocycles. The number of esters is 1. The largest absolute Gasteiger partial charge is 0.466 e. The fourth-order valence-corrected chi connectivity index (χ4v) is 6.15. The van der Waals surface area contributed by atoms with E-state index in [4.69, 9.17) is 27.1 Å². The van der Waals surface area contributed by atoms with Gasteiger partial charge < -0.3 is 10.5 Å². The van der Waals surface area contributed by atoms with Crippen LogP contribution in [-0.2, 0) is 16.0 Å². The van der Waals surface area contributed by atoms with E-state index in [1.54, 1.807) is 23.6 Å². The molecule has 0 unspecified atom stereocenters. The van der Waals surface area contributed by atoms with Gasteiger partial charge in [0.05, 0.1) is 34.5 Å². The Morgan fingerprint density at radius 2 is 1.73 bits per heavy atom. The molecule has 0 aliphatic heterocycles. The predicted octanol–water partition coefficient (Wildman–Crippen LogP) is 7.89. The van der Waals surface area contributed by atoms with Gasteiger partial charge in [0.25, 0.3) is 0 Å². The Morgan fingerprint density at radius 3 is 2.52 bits per heavy atom. The molecule has 2 N–H and O–H groups in total. The number of nitrogens with two attached hydrogens (primary N) is 1. The lowest BCUT2D eigenvalue weighted by Gasteiger charge is -2.14. The van der Waals surface area contributed by atoms with Gasteiger partial charge in [0.1, 0.15) is 10.8 Å². The van der Waals surface area contributed by atoms with Crippen molar-refractivity contribution in [2.24, 2.45) is 0 Å². The van der Waals surface area contributed by atoms with E-state index in [0.717, 1.165) is 65.2 Å². The average Bonchev–Trinajstić information content (AvgIpc) is 3.37.